The molecule has 5 heteroatoms. The number of Topliss-reactive ketones (excluding diaryl/α,β-unsaturated/α-hetero) is 1. The number of benzene rings is 1. The van der Waals surface area contributed by atoms with Crippen LogP contribution in [0.15, 0.2) is 47.5 Å². The normalized spacial score (nSPS) is 11.5. The van der Waals surface area contributed by atoms with Gasteiger partial charge in [-0.15, -0.1) is 0 Å². The molecule has 0 spiro atoms. The van der Waals surface area contributed by atoms with Crippen molar-refractivity contribution in [2.75, 3.05) is 0 Å². The first-order valence-electron chi connectivity index (χ1n) is 5.99. The summed E-state index contributed by atoms with van der Waals surface area (Å²) in [6, 6.07) is 9.65. The van der Waals surface area contributed by atoms with Gasteiger partial charge in [0.1, 0.15) is 0 Å². The zero-order valence-corrected chi connectivity index (χ0v) is 11.6. The van der Waals surface area contributed by atoms with E-state index in [-0.39, 0.29) is 22.8 Å². The van der Waals surface area contributed by atoms with Crippen LogP contribution in [0.1, 0.15) is 29.4 Å². The van der Waals surface area contributed by atoms with E-state index in [0.29, 0.717) is 0 Å². The number of aromatic nitrogens is 1. The highest BCUT2D eigenvalue weighted by Crippen LogP contribution is 2.18. The highest BCUT2D eigenvalue weighted by atomic mass is 32.2. The summed E-state index contributed by atoms with van der Waals surface area (Å²) in [5.41, 5.74) is 1.18. The third-order valence-corrected chi connectivity index (χ3v) is 4.60. The second-order valence-corrected chi connectivity index (χ2v) is 6.10. The van der Waals surface area contributed by atoms with Crippen molar-refractivity contribution in [2.45, 2.75) is 25.2 Å². The number of aryl methyl sites for hydroxylation is 1. The van der Waals surface area contributed by atoms with Crippen LogP contribution in [0.25, 0.3) is 0 Å². The molecule has 0 unspecified atom stereocenters. The van der Waals surface area contributed by atoms with Gasteiger partial charge in [0.05, 0.1) is 10.6 Å². The summed E-state index contributed by atoms with van der Waals surface area (Å²) in [7, 11) is -3.70. The van der Waals surface area contributed by atoms with Crippen LogP contribution in [-0.4, -0.2) is 18.2 Å². The molecule has 0 bridgehead atoms. The van der Waals surface area contributed by atoms with Crippen LogP contribution in [-0.2, 0) is 10.0 Å². The lowest BCUT2D eigenvalue weighted by molar-refractivity contribution is 0.0982. The maximum absolute atomic E-state index is 12.5. The van der Waals surface area contributed by atoms with Crippen molar-refractivity contribution in [3.63, 3.8) is 0 Å². The number of hydrogen-bond acceptors (Lipinski definition) is 3. The number of carbonyl (C=O) groups excluding carboxylic acids is 1. The molecule has 0 fully saturated rings. The standard InChI is InChI=1S/C14H15NO3S/c1-3-14(16)13-5-4-10-15(13)19(17,18)12-8-6-11(2)7-9-12/h4-10H,3H2,1-2H3. The average Bonchev–Trinajstić information content (AvgIpc) is 2.88. The van der Waals surface area contributed by atoms with Gasteiger partial charge in [-0.2, -0.15) is 0 Å². The summed E-state index contributed by atoms with van der Waals surface area (Å²) in [5, 5.41) is 0. The van der Waals surface area contributed by atoms with Crippen molar-refractivity contribution in [3.05, 3.63) is 53.9 Å². The first-order chi connectivity index (χ1) is 8.96. The quantitative estimate of drug-likeness (QED) is 0.807. The molecule has 100 valence electrons. The smallest absolute Gasteiger partial charge is 0.268 e. The van der Waals surface area contributed by atoms with E-state index in [1.807, 2.05) is 6.92 Å². The Morgan fingerprint density at radius 3 is 2.37 bits per heavy atom. The largest absolute Gasteiger partial charge is 0.293 e. The summed E-state index contributed by atoms with van der Waals surface area (Å²) in [6.45, 7) is 3.59. The molecule has 1 heterocycles. The van der Waals surface area contributed by atoms with Crippen molar-refractivity contribution in [1.29, 1.82) is 0 Å². The third-order valence-electron chi connectivity index (χ3n) is 2.90. The molecule has 0 atom stereocenters. The van der Waals surface area contributed by atoms with Crippen molar-refractivity contribution in [1.82, 2.24) is 3.97 Å². The van der Waals surface area contributed by atoms with Crippen LogP contribution >= 0.6 is 0 Å². The van der Waals surface area contributed by atoms with E-state index < -0.39 is 10.0 Å². The van der Waals surface area contributed by atoms with Crippen LogP contribution in [0.2, 0.25) is 0 Å². The van der Waals surface area contributed by atoms with Crippen LogP contribution < -0.4 is 0 Å². The van der Waals surface area contributed by atoms with E-state index in [0.717, 1.165) is 9.54 Å². The summed E-state index contributed by atoms with van der Waals surface area (Å²) in [5.74, 6) is -0.194. The van der Waals surface area contributed by atoms with Gasteiger partial charge in [-0.1, -0.05) is 24.6 Å². The molecule has 4 nitrogen and oxygen atoms in total. The first kappa shape index (κ1) is 13.5. The fraction of sp³-hybridized carbons (Fsp3) is 0.214. The summed E-state index contributed by atoms with van der Waals surface area (Å²) in [4.78, 5) is 11.9. The Morgan fingerprint density at radius 1 is 1.16 bits per heavy atom. The van der Waals surface area contributed by atoms with Crippen LogP contribution in [0, 0.1) is 6.92 Å². The Balaban J connectivity index is 2.54. The van der Waals surface area contributed by atoms with Gasteiger partial charge in [-0.05, 0) is 31.2 Å². The molecule has 1 aromatic carbocycles. The molecule has 1 aromatic heterocycles. The van der Waals surface area contributed by atoms with Gasteiger partial charge in [0.2, 0.25) is 0 Å². The molecular formula is C14H15NO3S. The molecule has 19 heavy (non-hydrogen) atoms. The first-order valence-corrected chi connectivity index (χ1v) is 7.43. The Bertz CT molecular complexity index is 697. The number of hydrogen-bond donors (Lipinski definition) is 0. The zero-order valence-electron chi connectivity index (χ0n) is 10.8. The summed E-state index contributed by atoms with van der Waals surface area (Å²) < 4.78 is 26.0. The third kappa shape index (κ3) is 2.46. The van der Waals surface area contributed by atoms with Crippen LogP contribution in [0.4, 0.5) is 0 Å². The molecule has 0 saturated heterocycles. The fourth-order valence-electron chi connectivity index (χ4n) is 1.80. The molecule has 0 aliphatic carbocycles. The van der Waals surface area contributed by atoms with E-state index >= 15 is 0 Å². The minimum Gasteiger partial charge on any atom is -0.293 e. The minimum absolute atomic E-state index is 0.180. The van der Waals surface area contributed by atoms with Gasteiger partial charge in [-0.25, -0.2) is 12.4 Å². The Morgan fingerprint density at radius 2 is 1.79 bits per heavy atom. The van der Waals surface area contributed by atoms with E-state index in [1.165, 1.54) is 12.3 Å². The number of nitrogens with zero attached hydrogens (tertiary/aromatic N) is 1. The Labute approximate surface area is 112 Å². The fourth-order valence-corrected chi connectivity index (χ4v) is 3.16. The molecule has 0 amide bonds. The van der Waals surface area contributed by atoms with Crippen molar-refractivity contribution >= 4 is 15.8 Å². The average molecular weight is 277 g/mol. The molecule has 2 rings (SSSR count). The highest BCUT2D eigenvalue weighted by Gasteiger charge is 2.21. The molecule has 0 aliphatic heterocycles. The summed E-state index contributed by atoms with van der Waals surface area (Å²) >= 11 is 0. The lowest BCUT2D eigenvalue weighted by Crippen LogP contribution is -2.17. The van der Waals surface area contributed by atoms with Crippen LogP contribution in [0.3, 0.4) is 0 Å². The molecule has 0 radical (unpaired) electrons. The predicted octanol–water partition coefficient (Wildman–Crippen LogP) is 2.63. The molecule has 2 aromatic rings. The number of carbonyl (C=O) groups is 1. The topological polar surface area (TPSA) is 56.1 Å². The SMILES string of the molecule is CCC(=O)c1cccn1S(=O)(=O)c1ccc(C)cc1. The predicted molar refractivity (Wildman–Crippen MR) is 72.8 cm³/mol. The van der Waals surface area contributed by atoms with E-state index in [4.69, 9.17) is 0 Å². The van der Waals surface area contributed by atoms with Gasteiger partial charge < -0.3 is 0 Å². The second kappa shape index (κ2) is 5.01. The highest BCUT2D eigenvalue weighted by molar-refractivity contribution is 7.90. The lowest BCUT2D eigenvalue weighted by Gasteiger charge is -2.09. The minimum atomic E-state index is -3.70. The van der Waals surface area contributed by atoms with Crippen molar-refractivity contribution in [2.24, 2.45) is 0 Å². The van der Waals surface area contributed by atoms with Gasteiger partial charge in [0, 0.05) is 12.6 Å². The Hall–Kier alpha value is -1.88. The number of ketones is 1. The van der Waals surface area contributed by atoms with Gasteiger partial charge >= 0.3 is 0 Å². The molecule has 0 aliphatic rings. The molecular weight excluding hydrogens is 262 g/mol. The van der Waals surface area contributed by atoms with Crippen molar-refractivity contribution in [3.8, 4) is 0 Å². The van der Waals surface area contributed by atoms with Crippen LogP contribution in [0.5, 0.6) is 0 Å². The van der Waals surface area contributed by atoms with Crippen molar-refractivity contribution < 1.29 is 13.2 Å². The van der Waals surface area contributed by atoms with Gasteiger partial charge in [0.15, 0.2) is 5.78 Å². The lowest BCUT2D eigenvalue weighted by atomic mass is 10.2. The monoisotopic (exact) mass is 277 g/mol. The molecule has 0 N–H and O–H groups in total. The van der Waals surface area contributed by atoms with E-state index in [9.17, 15) is 13.2 Å². The van der Waals surface area contributed by atoms with E-state index in [2.05, 4.69) is 0 Å². The van der Waals surface area contributed by atoms with Gasteiger partial charge in [0.25, 0.3) is 10.0 Å². The maximum Gasteiger partial charge on any atom is 0.268 e. The zero-order chi connectivity index (χ0) is 14.0. The molecule has 0 saturated carbocycles. The Kier molecular flexibility index (Phi) is 3.57. The summed E-state index contributed by atoms with van der Waals surface area (Å²) in [6.07, 6.45) is 1.67. The maximum atomic E-state index is 12.5. The van der Waals surface area contributed by atoms with Gasteiger partial charge in [-0.3, -0.25) is 4.79 Å². The number of rotatable bonds is 4. The van der Waals surface area contributed by atoms with E-state index in [1.54, 1.807) is 37.3 Å². The second-order valence-electron chi connectivity index (χ2n) is 4.28.